The number of piperidine rings is 2. The van der Waals surface area contributed by atoms with Gasteiger partial charge in [-0.2, -0.15) is 0 Å². The van der Waals surface area contributed by atoms with Crippen LogP contribution < -0.4 is 18.9 Å². The van der Waals surface area contributed by atoms with Crippen LogP contribution in [0.25, 0.3) is 0 Å². The summed E-state index contributed by atoms with van der Waals surface area (Å²) >= 11 is 0. The van der Waals surface area contributed by atoms with Crippen molar-refractivity contribution in [2.45, 2.75) is 50.4 Å². The monoisotopic (exact) mass is 912 g/mol. The smallest absolute Gasteiger partial charge is 0.253 e. The lowest BCUT2D eigenvalue weighted by Gasteiger charge is -2.37. The number of hydrogen-bond donors (Lipinski definition) is 0. The van der Waals surface area contributed by atoms with Crippen molar-refractivity contribution < 1.29 is 38.1 Å². The average Bonchev–Trinajstić information content (AvgIpc) is 3.39. The Morgan fingerprint density at radius 1 is 0.529 bits per heavy atom. The summed E-state index contributed by atoms with van der Waals surface area (Å²) in [5.41, 5.74) is 7.73. The first-order valence-electron chi connectivity index (χ1n) is 23.5. The molecule has 2 amide bonds. The summed E-state index contributed by atoms with van der Waals surface area (Å²) in [5.74, 6) is 3.95. The molecule has 2 aromatic heterocycles. The Morgan fingerprint density at radius 3 is 1.31 bits per heavy atom. The highest BCUT2D eigenvalue weighted by atomic mass is 16.5. The van der Waals surface area contributed by atoms with Crippen LogP contribution >= 0.6 is 0 Å². The van der Waals surface area contributed by atoms with E-state index in [0.717, 1.165) is 36.8 Å². The summed E-state index contributed by atoms with van der Waals surface area (Å²) in [6.45, 7) is 3.01. The van der Waals surface area contributed by atoms with Gasteiger partial charge in [0.1, 0.15) is 24.7 Å². The molecule has 0 unspecified atom stereocenters. The van der Waals surface area contributed by atoms with Crippen molar-refractivity contribution in [1.82, 2.24) is 19.8 Å². The summed E-state index contributed by atoms with van der Waals surface area (Å²) in [5, 5.41) is 0. The third kappa shape index (κ3) is 10.4. The fraction of sp³-hybridized carbons (Fsp3) is 0.321. The number of ketones is 2. The predicted octanol–water partition coefficient (Wildman–Crippen LogP) is 8.56. The van der Waals surface area contributed by atoms with Crippen LogP contribution in [0.2, 0.25) is 0 Å². The maximum atomic E-state index is 13.2. The number of Topliss-reactive ketones (excluding diaryl/α,β-unsaturated/α-hetero) is 2. The van der Waals surface area contributed by atoms with E-state index in [1.807, 2.05) is 58.3 Å². The summed E-state index contributed by atoms with van der Waals surface area (Å²) in [4.78, 5) is 62.4. The lowest BCUT2D eigenvalue weighted by Crippen LogP contribution is -2.40. The number of fused-ring (bicyclic) bond motifs is 2. The van der Waals surface area contributed by atoms with Crippen LogP contribution in [0.15, 0.2) is 134 Å². The number of ether oxygens (including phenoxy) is 4. The summed E-state index contributed by atoms with van der Waals surface area (Å²) in [7, 11) is 3.27. The van der Waals surface area contributed by atoms with Gasteiger partial charge in [-0.05, 0) is 108 Å². The van der Waals surface area contributed by atoms with Gasteiger partial charge in [0.2, 0.25) is 11.8 Å². The average molecular weight is 913 g/mol. The van der Waals surface area contributed by atoms with Crippen molar-refractivity contribution >= 4 is 23.4 Å². The zero-order chi connectivity index (χ0) is 47.0. The quantitative estimate of drug-likeness (QED) is 0.132. The molecule has 0 bridgehead atoms. The highest BCUT2D eigenvalue weighted by Gasteiger charge is 2.33. The Balaban J connectivity index is 0.000000170. The second-order valence-electron chi connectivity index (χ2n) is 18.0. The molecule has 2 atom stereocenters. The van der Waals surface area contributed by atoms with Crippen molar-refractivity contribution in [3.05, 3.63) is 178 Å². The highest BCUT2D eigenvalue weighted by molar-refractivity contribution is 5.96. The maximum absolute atomic E-state index is 13.2. The first kappa shape index (κ1) is 45.8. The standard InChI is InChI=1S/2C28H28N2O4/c2*1-33-26-17-21(9-12-29-26)27(19-5-3-2-4-6-19)20-10-13-30(14-11-20)28(32)22-7-8-25-23(15-22)16-24(31)18-34-25/h2*2-9,12,15,17,20,27H,10-11,13-14,16,18H2,1H3/t2*27-/m10/s1. The number of benzene rings is 4. The van der Waals surface area contributed by atoms with Crippen molar-refractivity contribution in [2.75, 3.05) is 53.6 Å². The van der Waals surface area contributed by atoms with Crippen LogP contribution in [0.4, 0.5) is 0 Å². The fourth-order valence-electron chi connectivity index (χ4n) is 10.3. The van der Waals surface area contributed by atoms with Crippen LogP contribution in [0.1, 0.15) is 91.6 Å². The second-order valence-corrected chi connectivity index (χ2v) is 18.0. The van der Waals surface area contributed by atoms with Crippen molar-refractivity contribution in [3.8, 4) is 23.3 Å². The molecule has 68 heavy (non-hydrogen) atoms. The van der Waals surface area contributed by atoms with Crippen LogP contribution in [-0.4, -0.2) is 96.8 Å². The molecule has 348 valence electrons. The minimum Gasteiger partial charge on any atom is -0.486 e. The maximum Gasteiger partial charge on any atom is 0.253 e. The van der Waals surface area contributed by atoms with Gasteiger partial charge in [0.05, 0.1) is 14.2 Å². The predicted molar refractivity (Wildman–Crippen MR) is 257 cm³/mol. The van der Waals surface area contributed by atoms with Crippen LogP contribution in [0.3, 0.4) is 0 Å². The van der Waals surface area contributed by atoms with E-state index < -0.39 is 0 Å². The van der Waals surface area contributed by atoms with Crippen molar-refractivity contribution in [3.63, 3.8) is 0 Å². The number of nitrogens with zero attached hydrogens (tertiary/aromatic N) is 4. The summed E-state index contributed by atoms with van der Waals surface area (Å²) in [6, 6.07) is 40.1. The van der Waals surface area contributed by atoms with Crippen LogP contribution in [-0.2, 0) is 22.4 Å². The number of carbonyl (C=O) groups is 4. The first-order valence-corrected chi connectivity index (χ1v) is 23.5. The Morgan fingerprint density at radius 2 is 0.926 bits per heavy atom. The molecular formula is C56H56N4O8. The molecule has 0 aliphatic carbocycles. The molecule has 0 saturated carbocycles. The largest absolute Gasteiger partial charge is 0.486 e. The molecule has 2 fully saturated rings. The molecule has 6 aromatic rings. The van der Waals surface area contributed by atoms with E-state index in [1.165, 1.54) is 22.3 Å². The van der Waals surface area contributed by atoms with Gasteiger partial charge in [-0.3, -0.25) is 19.2 Å². The van der Waals surface area contributed by atoms with Crippen LogP contribution in [0, 0.1) is 11.8 Å². The zero-order valence-corrected chi connectivity index (χ0v) is 38.6. The molecule has 4 aromatic carbocycles. The van der Waals surface area contributed by atoms with Gasteiger partial charge in [0.25, 0.3) is 11.8 Å². The van der Waals surface area contributed by atoms with E-state index in [4.69, 9.17) is 18.9 Å². The summed E-state index contributed by atoms with van der Waals surface area (Å²) < 4.78 is 21.7. The molecule has 4 aliphatic heterocycles. The molecular weight excluding hydrogens is 857 g/mol. The van der Waals surface area contributed by atoms with Gasteiger partial charge in [-0.15, -0.1) is 0 Å². The Labute approximate surface area is 397 Å². The van der Waals surface area contributed by atoms with Crippen molar-refractivity contribution in [1.29, 1.82) is 0 Å². The number of hydrogen-bond acceptors (Lipinski definition) is 10. The Hall–Kier alpha value is -7.34. The number of methoxy groups -OCH3 is 2. The molecule has 12 heteroatoms. The topological polar surface area (TPSA) is 137 Å². The van der Waals surface area contributed by atoms with E-state index in [9.17, 15) is 19.2 Å². The molecule has 4 aliphatic rings. The molecule has 12 nitrogen and oxygen atoms in total. The zero-order valence-electron chi connectivity index (χ0n) is 38.6. The van der Waals surface area contributed by atoms with Gasteiger partial charge < -0.3 is 28.7 Å². The number of aromatic nitrogens is 2. The minimum atomic E-state index is 0.0149. The molecule has 6 heterocycles. The van der Waals surface area contributed by atoms with Gasteiger partial charge in [0, 0.05) is 97.6 Å². The van der Waals surface area contributed by atoms with E-state index in [-0.39, 0.29) is 48.4 Å². The molecule has 0 spiro atoms. The molecule has 0 radical (unpaired) electrons. The third-order valence-corrected chi connectivity index (χ3v) is 13.7. The minimum absolute atomic E-state index is 0.0149. The molecule has 2 saturated heterocycles. The van der Waals surface area contributed by atoms with Crippen LogP contribution in [0.5, 0.6) is 23.3 Å². The lowest BCUT2D eigenvalue weighted by atomic mass is 9.76. The summed E-state index contributed by atoms with van der Waals surface area (Å²) in [6.07, 6.45) is 7.87. The van der Waals surface area contributed by atoms with Gasteiger partial charge >= 0.3 is 0 Å². The van der Waals surface area contributed by atoms with Gasteiger partial charge in [0.15, 0.2) is 11.6 Å². The SMILES string of the molecule is COc1cc([C@@H](c2ccccc2)C2CCN(C(=O)c3ccc4c(c3)CC(=O)CO4)CC2)ccn1.COc1cc([C@H](c2ccccc2)C2CCN(C(=O)c3ccc4c(c3)CC(=O)CO4)CC2)ccn1. The van der Waals surface area contributed by atoms with E-state index in [0.29, 0.717) is 85.2 Å². The Kier molecular flexibility index (Phi) is 14.2. The number of pyridine rings is 2. The number of amides is 2. The Bertz CT molecular complexity index is 2560. The van der Waals surface area contributed by atoms with Gasteiger partial charge in [-0.25, -0.2) is 9.97 Å². The van der Waals surface area contributed by atoms with E-state index >= 15 is 0 Å². The van der Waals surface area contributed by atoms with Crippen molar-refractivity contribution in [2.24, 2.45) is 11.8 Å². The first-order chi connectivity index (χ1) is 33.2. The fourth-order valence-corrected chi connectivity index (χ4v) is 10.3. The van der Waals surface area contributed by atoms with E-state index in [1.54, 1.807) is 38.7 Å². The number of carbonyl (C=O) groups excluding carboxylic acids is 4. The number of likely N-dealkylation sites (tertiary alicyclic amines) is 2. The second kappa shape index (κ2) is 21.1. The third-order valence-electron chi connectivity index (χ3n) is 13.7. The molecule has 0 N–H and O–H groups in total. The number of rotatable bonds is 10. The van der Waals surface area contributed by atoms with Gasteiger partial charge in [-0.1, -0.05) is 60.7 Å². The van der Waals surface area contributed by atoms with E-state index in [2.05, 4.69) is 70.6 Å². The normalized spacial score (nSPS) is 17.0. The molecule has 10 rings (SSSR count). The highest BCUT2D eigenvalue weighted by Crippen LogP contribution is 2.41. The lowest BCUT2D eigenvalue weighted by molar-refractivity contribution is -0.122.